The van der Waals surface area contributed by atoms with Crippen molar-refractivity contribution in [2.75, 3.05) is 23.3 Å². The number of hydrogen-bond donors (Lipinski definition) is 1. The second-order valence-electron chi connectivity index (χ2n) is 6.33. The summed E-state index contributed by atoms with van der Waals surface area (Å²) >= 11 is 0. The molecule has 7 nitrogen and oxygen atoms in total. The first-order chi connectivity index (χ1) is 11.7. The van der Waals surface area contributed by atoms with Gasteiger partial charge in [0.1, 0.15) is 6.33 Å². The number of benzene rings is 1. The van der Waals surface area contributed by atoms with E-state index in [9.17, 15) is 10.1 Å². The predicted octanol–water partition coefficient (Wildman–Crippen LogP) is 2.56. The van der Waals surface area contributed by atoms with Gasteiger partial charge in [-0.3, -0.25) is 10.1 Å². The largest absolute Gasteiger partial charge is 0.361 e. The zero-order chi connectivity index (χ0) is 16.5. The molecular weight excluding hydrogens is 306 g/mol. The van der Waals surface area contributed by atoms with Gasteiger partial charge in [0.2, 0.25) is 11.6 Å². The smallest absolute Gasteiger partial charge is 0.353 e. The maximum atomic E-state index is 11.7. The molecule has 1 fully saturated rings. The molecule has 0 amide bonds. The number of nitrogens with zero attached hydrogens (tertiary/aromatic N) is 4. The van der Waals surface area contributed by atoms with Crippen LogP contribution in [0.5, 0.6) is 0 Å². The number of rotatable bonds is 4. The summed E-state index contributed by atoms with van der Waals surface area (Å²) in [6.07, 6.45) is 5.22. The molecule has 2 heterocycles. The van der Waals surface area contributed by atoms with Crippen molar-refractivity contribution in [3.8, 4) is 0 Å². The van der Waals surface area contributed by atoms with E-state index in [2.05, 4.69) is 27.4 Å². The maximum Gasteiger partial charge on any atom is 0.353 e. The van der Waals surface area contributed by atoms with Crippen LogP contribution >= 0.6 is 0 Å². The average molecular weight is 325 g/mol. The molecule has 2 aromatic rings. The first-order valence-corrected chi connectivity index (χ1v) is 8.30. The highest BCUT2D eigenvalue weighted by Gasteiger charge is 2.31. The van der Waals surface area contributed by atoms with E-state index >= 15 is 0 Å². The van der Waals surface area contributed by atoms with Crippen molar-refractivity contribution in [3.05, 3.63) is 51.8 Å². The van der Waals surface area contributed by atoms with Gasteiger partial charge in [0.15, 0.2) is 0 Å². The van der Waals surface area contributed by atoms with E-state index in [0.717, 1.165) is 38.8 Å². The van der Waals surface area contributed by atoms with Crippen LogP contribution in [-0.4, -0.2) is 34.0 Å². The molecular formula is C17H19N5O2. The molecule has 2 aliphatic rings. The van der Waals surface area contributed by atoms with Crippen molar-refractivity contribution < 1.29 is 4.92 Å². The SMILES string of the molecule is O=[N+]([O-])c1c(NC2CC2)ncnc1N1CCc2ccccc2CC1. The van der Waals surface area contributed by atoms with Crippen molar-refractivity contribution in [2.24, 2.45) is 0 Å². The van der Waals surface area contributed by atoms with Crippen LogP contribution in [0.4, 0.5) is 17.3 Å². The first kappa shape index (κ1) is 14.9. The molecule has 0 radical (unpaired) electrons. The normalized spacial score (nSPS) is 17.1. The second kappa shape index (κ2) is 6.07. The molecule has 0 bridgehead atoms. The fraction of sp³-hybridized carbons (Fsp3) is 0.412. The molecule has 1 aliphatic carbocycles. The standard InChI is InChI=1S/C17H19N5O2/c23-22(24)15-16(20-14-5-6-14)18-11-19-17(15)21-9-7-12-3-1-2-4-13(12)8-10-21/h1-4,11,14H,5-10H2,(H,18,19,20). The van der Waals surface area contributed by atoms with E-state index in [0.29, 0.717) is 17.7 Å². The molecule has 0 spiro atoms. The van der Waals surface area contributed by atoms with E-state index in [-0.39, 0.29) is 10.6 Å². The fourth-order valence-electron chi connectivity index (χ4n) is 3.18. The minimum atomic E-state index is -0.363. The van der Waals surface area contributed by atoms with Gasteiger partial charge in [-0.15, -0.1) is 0 Å². The quantitative estimate of drug-likeness (QED) is 0.687. The Balaban J connectivity index is 1.65. The van der Waals surface area contributed by atoms with E-state index in [1.54, 1.807) is 0 Å². The first-order valence-electron chi connectivity index (χ1n) is 8.30. The third kappa shape index (κ3) is 2.89. The Morgan fingerprint density at radius 2 is 1.79 bits per heavy atom. The number of hydrogen-bond acceptors (Lipinski definition) is 6. The van der Waals surface area contributed by atoms with Crippen molar-refractivity contribution in [1.29, 1.82) is 0 Å². The molecule has 0 atom stereocenters. The van der Waals surface area contributed by atoms with Crippen molar-refractivity contribution in [3.63, 3.8) is 0 Å². The summed E-state index contributed by atoms with van der Waals surface area (Å²) in [7, 11) is 0. The van der Waals surface area contributed by atoms with Gasteiger partial charge in [0, 0.05) is 19.1 Å². The van der Waals surface area contributed by atoms with Gasteiger partial charge >= 0.3 is 5.69 Å². The van der Waals surface area contributed by atoms with Crippen LogP contribution < -0.4 is 10.2 Å². The van der Waals surface area contributed by atoms with Gasteiger partial charge in [-0.1, -0.05) is 24.3 Å². The number of aromatic nitrogens is 2. The lowest BCUT2D eigenvalue weighted by Gasteiger charge is -2.21. The van der Waals surface area contributed by atoms with Crippen LogP contribution in [-0.2, 0) is 12.8 Å². The maximum absolute atomic E-state index is 11.7. The van der Waals surface area contributed by atoms with Crippen LogP contribution in [0.3, 0.4) is 0 Å². The van der Waals surface area contributed by atoms with Crippen LogP contribution in [0.25, 0.3) is 0 Å². The van der Waals surface area contributed by atoms with Crippen molar-refractivity contribution in [2.45, 2.75) is 31.7 Å². The average Bonchev–Trinajstić information content (AvgIpc) is 3.40. The molecule has 1 aromatic heterocycles. The monoisotopic (exact) mass is 325 g/mol. The Kier molecular flexibility index (Phi) is 3.76. The van der Waals surface area contributed by atoms with E-state index in [4.69, 9.17) is 0 Å². The zero-order valence-corrected chi connectivity index (χ0v) is 13.3. The Labute approximate surface area is 139 Å². The minimum Gasteiger partial charge on any atom is -0.361 e. The third-order valence-electron chi connectivity index (χ3n) is 4.62. The summed E-state index contributed by atoms with van der Waals surface area (Å²) in [5.41, 5.74) is 2.62. The summed E-state index contributed by atoms with van der Waals surface area (Å²) in [6, 6.07) is 8.65. The lowest BCUT2D eigenvalue weighted by atomic mass is 10.0. The Morgan fingerprint density at radius 1 is 1.12 bits per heavy atom. The van der Waals surface area contributed by atoms with Gasteiger partial charge in [0.05, 0.1) is 4.92 Å². The molecule has 24 heavy (non-hydrogen) atoms. The molecule has 1 saturated carbocycles. The molecule has 4 rings (SSSR count). The highest BCUT2D eigenvalue weighted by Crippen LogP contribution is 2.35. The van der Waals surface area contributed by atoms with Gasteiger partial charge < -0.3 is 10.2 Å². The van der Waals surface area contributed by atoms with Crippen LogP contribution in [0.2, 0.25) is 0 Å². The number of nitro groups is 1. The van der Waals surface area contributed by atoms with E-state index < -0.39 is 0 Å². The third-order valence-corrected chi connectivity index (χ3v) is 4.62. The van der Waals surface area contributed by atoms with E-state index in [1.165, 1.54) is 17.5 Å². The van der Waals surface area contributed by atoms with Gasteiger partial charge in [-0.2, -0.15) is 0 Å². The summed E-state index contributed by atoms with van der Waals surface area (Å²) in [5, 5.41) is 14.8. The Bertz CT molecular complexity index is 748. The fourth-order valence-corrected chi connectivity index (χ4v) is 3.18. The van der Waals surface area contributed by atoms with Gasteiger partial charge in [-0.25, -0.2) is 9.97 Å². The van der Waals surface area contributed by atoms with Crippen LogP contribution in [0.15, 0.2) is 30.6 Å². The summed E-state index contributed by atoms with van der Waals surface area (Å²) in [6.45, 7) is 1.44. The van der Waals surface area contributed by atoms with Crippen LogP contribution in [0.1, 0.15) is 24.0 Å². The number of nitrogens with one attached hydrogen (secondary N) is 1. The number of fused-ring (bicyclic) bond motifs is 1. The predicted molar refractivity (Wildman–Crippen MR) is 91.4 cm³/mol. The molecule has 0 saturated heterocycles. The van der Waals surface area contributed by atoms with E-state index in [1.807, 2.05) is 17.0 Å². The number of anilines is 2. The zero-order valence-electron chi connectivity index (χ0n) is 13.3. The Morgan fingerprint density at radius 3 is 2.38 bits per heavy atom. The van der Waals surface area contributed by atoms with Crippen molar-refractivity contribution >= 4 is 17.3 Å². The lowest BCUT2D eigenvalue weighted by molar-refractivity contribution is -0.383. The highest BCUT2D eigenvalue weighted by atomic mass is 16.6. The minimum absolute atomic E-state index is 0.00430. The molecule has 1 aliphatic heterocycles. The topological polar surface area (TPSA) is 84.2 Å². The van der Waals surface area contributed by atoms with Gasteiger partial charge in [-0.05, 0) is 36.8 Å². The molecule has 1 aromatic carbocycles. The van der Waals surface area contributed by atoms with Crippen LogP contribution in [0, 0.1) is 10.1 Å². The second-order valence-corrected chi connectivity index (χ2v) is 6.33. The highest BCUT2D eigenvalue weighted by molar-refractivity contribution is 5.71. The summed E-state index contributed by atoms with van der Waals surface area (Å²) in [4.78, 5) is 21.7. The molecule has 0 unspecified atom stereocenters. The van der Waals surface area contributed by atoms with Gasteiger partial charge in [0.25, 0.3) is 0 Å². The molecule has 7 heteroatoms. The summed E-state index contributed by atoms with van der Waals surface area (Å²) in [5.74, 6) is 0.764. The Hall–Kier alpha value is -2.70. The molecule has 1 N–H and O–H groups in total. The molecule has 124 valence electrons. The summed E-state index contributed by atoms with van der Waals surface area (Å²) < 4.78 is 0. The van der Waals surface area contributed by atoms with Crippen molar-refractivity contribution in [1.82, 2.24) is 9.97 Å². The lowest BCUT2D eigenvalue weighted by Crippen LogP contribution is -2.28.